The topological polar surface area (TPSA) is 476 Å². The molecule has 16 rings (SSSR count). The van der Waals surface area contributed by atoms with E-state index in [1.165, 1.54) is 36.6 Å². The van der Waals surface area contributed by atoms with E-state index in [4.69, 9.17) is 137 Å². The number of anilines is 7. The van der Waals surface area contributed by atoms with E-state index in [1.54, 1.807) is 38.7 Å². The van der Waals surface area contributed by atoms with E-state index >= 15 is 0 Å². The normalized spacial score (nSPS) is 18.2. The molecule has 0 bridgehead atoms. The molecule has 8 aliphatic rings. The standard InChI is InChI=1S/C18H20F3N5O3S.C12H16BF3N2O2.C12H16ClN3O5S.C12H16ClN3O3S.C10H14ClN3O3S.C8H9Cl2N3O.C4HCl3N2.H2S/c1-30(27,28)17(2-3-17)14-9-13(24-16(25-14)26-4-6-29-7-5-26)11-10-23-15(22)8-12(11)18(19,20)21;1-10(2)11(3,4)20-13(19-10)8-6-18-9(17)5-7(8)12(14,15)16;1-20-11(17)10(22(2,18)19)8-7-9(13)15-12(14-8)16-3-5-21-6-4-16;1-20(17,18)12(2-3-12)9-8-10(13)15-11(14-9)16-4-6-19-7-5-16;1-18(15,16)7-8-6-9(11)13-10(12-8)14-2-4-17-5-3-14;9-6-5-7(10)12-8(11-6)13-1-3-14-4-2-13;5-2-1-3(6)9-4(7)8-2;/h8-10H,2-7H2,1H3,(H2,22,23);5-6H,1-4H3,(H2,17,18);7,10H,3-6H2,1-2H3;8H,2-7H2,1H3;6H,2-5,7H2,1H3;5H,1-4H2;1H;1H2/p-1. The quantitative estimate of drug-likeness (QED) is 0.0173. The summed E-state index contributed by atoms with van der Waals surface area (Å²) >= 11 is 45.7. The SMILES string of the molecule is CC1(C)OB(c2cnc(N)cc2C(F)(F)F)OC1(C)C.COC(=O)C(c1cc(Cl)nc(N2CCOCC2)n1)S(C)(=O)=O.CS(=O)(=O)C1(c2cc(-c3cnc(N)cc3C(F)(F)F)nc(N3CCOCC3)n2)CC1.CS(=O)(=O)C1(c2cc(Cl)nc(N3CCOCC3)n2)CC1.CS(=O)(=O)Cc1cc(Cl)nc(N2CCOCC2)n1.Clc1cc(Cl)nc(Cl)n1.Clc1cc(Cl)nc(N2CCOCC2)n1.[SH-]. The lowest BCUT2D eigenvalue weighted by Gasteiger charge is -2.32. The molecule has 0 radical (unpaired) electrons. The van der Waals surface area contributed by atoms with Crippen LogP contribution in [-0.4, -0.2) is 291 Å². The molecule has 38 nitrogen and oxygen atoms in total. The molecule has 4 N–H and O–H groups in total. The zero-order valence-electron chi connectivity index (χ0n) is 73.1. The lowest BCUT2D eigenvalue weighted by Crippen LogP contribution is -2.41. The fraction of sp³-hybridized carbons (Fsp3) is 0.539. The molecule has 736 valence electrons. The second-order valence-corrected chi connectivity index (χ2v) is 43.5. The van der Waals surface area contributed by atoms with Gasteiger partial charge in [-0.2, -0.15) is 26.3 Å². The first-order chi connectivity index (χ1) is 62.1. The molecule has 2 saturated carbocycles. The molecular weight excluding hydrogens is 2050 g/mol. The van der Waals surface area contributed by atoms with Crippen LogP contribution in [-0.2, 0) is 123 Å². The van der Waals surface area contributed by atoms with Crippen molar-refractivity contribution in [3.05, 3.63) is 136 Å². The van der Waals surface area contributed by atoms with Crippen molar-refractivity contribution in [3.8, 4) is 11.3 Å². The predicted octanol–water partition coefficient (Wildman–Crippen LogP) is 9.52. The molecular formula is C76H93BCl8F6N21O17S5-. The molecule has 8 fully saturated rings. The molecule has 1 unspecified atom stereocenters. The van der Waals surface area contributed by atoms with Crippen molar-refractivity contribution in [1.29, 1.82) is 0 Å². The Morgan fingerprint density at radius 1 is 0.448 bits per heavy atom. The number of nitrogens with two attached hydrogens (primary N) is 2. The maximum absolute atomic E-state index is 13.7. The molecule has 1 atom stereocenters. The van der Waals surface area contributed by atoms with Gasteiger partial charge in [-0.25, -0.2) is 103 Å². The monoisotopic (exact) mass is 2140 g/mol. The third kappa shape index (κ3) is 30.4. The first-order valence-corrected chi connectivity index (χ1v) is 51.0. The van der Waals surface area contributed by atoms with Crippen LogP contribution in [0.25, 0.3) is 11.3 Å². The van der Waals surface area contributed by atoms with Gasteiger partial charge >= 0.3 is 25.4 Å². The van der Waals surface area contributed by atoms with Crippen LogP contribution in [0.4, 0.5) is 67.7 Å². The predicted molar refractivity (Wildman–Crippen MR) is 498 cm³/mol. The second-order valence-electron chi connectivity index (χ2n) is 31.6. The lowest BCUT2D eigenvalue weighted by molar-refractivity contribution is -0.140. The largest absolute Gasteiger partial charge is 0.813 e. The van der Waals surface area contributed by atoms with Gasteiger partial charge in [0.2, 0.25) is 40.3 Å². The highest BCUT2D eigenvalue weighted by molar-refractivity contribution is 7.92. The van der Waals surface area contributed by atoms with Gasteiger partial charge in [0.25, 0.3) is 0 Å². The summed E-state index contributed by atoms with van der Waals surface area (Å²) in [5, 5.41) is 0.365. The van der Waals surface area contributed by atoms with Gasteiger partial charge in [-0.1, -0.05) is 81.2 Å². The Labute approximate surface area is 816 Å². The highest BCUT2D eigenvalue weighted by Crippen LogP contribution is 2.54. The number of carbonyl (C=O) groups excluding carboxylic acids is 1. The van der Waals surface area contributed by atoms with Gasteiger partial charge in [-0.05, 0) is 101 Å². The van der Waals surface area contributed by atoms with Crippen LogP contribution in [0, 0.1) is 0 Å². The number of hydrogen-bond acceptors (Lipinski definition) is 39. The number of carbonyl (C=O) groups is 1. The number of alkyl halides is 6. The number of rotatable bonds is 16. The Morgan fingerprint density at radius 2 is 0.776 bits per heavy atom. The number of thiol groups is 1. The van der Waals surface area contributed by atoms with Gasteiger partial charge in [0.1, 0.15) is 57.2 Å². The average Bonchev–Trinajstić information content (AvgIpc) is 1.55. The van der Waals surface area contributed by atoms with Crippen molar-refractivity contribution in [3.63, 3.8) is 0 Å². The third-order valence-corrected chi connectivity index (χ3v) is 28.9. The Morgan fingerprint density at radius 3 is 1.13 bits per heavy atom. The number of methoxy groups -OCH3 is 1. The van der Waals surface area contributed by atoms with Crippen LogP contribution in [0.3, 0.4) is 0 Å². The summed E-state index contributed by atoms with van der Waals surface area (Å²) in [7, 11) is -13.6. The number of morpholine rings is 5. The van der Waals surface area contributed by atoms with Gasteiger partial charge in [-0.15, -0.1) is 0 Å². The Bertz CT molecular complexity index is 5850. The molecule has 134 heavy (non-hydrogen) atoms. The van der Waals surface area contributed by atoms with Crippen LogP contribution in [0.15, 0.2) is 60.9 Å². The van der Waals surface area contributed by atoms with E-state index in [1.807, 2.05) is 19.6 Å². The van der Waals surface area contributed by atoms with Crippen molar-refractivity contribution in [1.82, 2.24) is 69.8 Å². The second kappa shape index (κ2) is 46.2. The zero-order valence-corrected chi connectivity index (χ0v) is 83.3. The maximum atomic E-state index is 13.7. The van der Waals surface area contributed by atoms with Crippen LogP contribution >= 0.6 is 92.8 Å². The highest BCUT2D eigenvalue weighted by Gasteiger charge is 2.57. The number of aromatic nitrogens is 14. The Hall–Kier alpha value is -7.32. The molecule has 8 aromatic rings. The third-order valence-electron chi connectivity index (χ3n) is 21.2. The number of sulfone groups is 4. The Balaban J connectivity index is 0.000000179. The van der Waals surface area contributed by atoms with Crippen molar-refractivity contribution >= 4 is 206 Å². The minimum absolute atomic E-state index is 0. The van der Waals surface area contributed by atoms with Gasteiger partial charge in [0, 0.05) is 126 Å². The van der Waals surface area contributed by atoms with Crippen molar-refractivity contribution in [2.45, 2.75) is 97.4 Å². The van der Waals surface area contributed by atoms with Crippen LogP contribution in [0.5, 0.6) is 0 Å². The fourth-order valence-corrected chi connectivity index (χ4v) is 19.4. The van der Waals surface area contributed by atoms with E-state index in [0.717, 1.165) is 63.5 Å². The molecule has 8 aromatic heterocycles. The van der Waals surface area contributed by atoms with Crippen LogP contribution in [0.1, 0.15) is 92.5 Å². The van der Waals surface area contributed by atoms with E-state index < -0.39 is 102 Å². The maximum Gasteiger partial charge on any atom is 0.497 e. The van der Waals surface area contributed by atoms with E-state index in [2.05, 4.69) is 74.5 Å². The number of esters is 1. The minimum atomic E-state index is -4.69. The first kappa shape index (κ1) is 110. The average molecular weight is 2140 g/mol. The van der Waals surface area contributed by atoms with E-state index in [-0.39, 0.29) is 102 Å². The molecule has 6 aliphatic heterocycles. The summed E-state index contributed by atoms with van der Waals surface area (Å²) in [6.45, 7) is 19.0. The number of hydrogen-bond donors (Lipinski definition) is 2. The highest BCUT2D eigenvalue weighted by atomic mass is 35.5. The van der Waals surface area contributed by atoms with Gasteiger partial charge in [0.15, 0.2) is 39.3 Å². The van der Waals surface area contributed by atoms with E-state index in [9.17, 15) is 64.8 Å². The number of pyridine rings is 2. The summed E-state index contributed by atoms with van der Waals surface area (Å²) in [6, 6.07) is 10.1. The van der Waals surface area contributed by atoms with E-state index in [0.29, 0.717) is 184 Å². The summed E-state index contributed by atoms with van der Waals surface area (Å²) in [5.74, 6) is 0.452. The Kier molecular flexibility index (Phi) is 38.0. The molecule has 58 heteroatoms. The molecule has 2 aliphatic carbocycles. The summed E-state index contributed by atoms with van der Waals surface area (Å²) in [4.78, 5) is 78.2. The number of ether oxygens (including phenoxy) is 6. The molecule has 14 heterocycles. The van der Waals surface area contributed by atoms with Crippen LogP contribution in [0.2, 0.25) is 41.4 Å². The number of nitrogens with zero attached hydrogens (tertiary/aromatic N) is 19. The zero-order chi connectivity index (χ0) is 97.8. The van der Waals surface area contributed by atoms with Gasteiger partial charge in [0.05, 0.1) is 130 Å². The molecule has 0 amide bonds. The molecule has 6 saturated heterocycles. The molecule has 0 spiro atoms. The number of nitrogen functional groups attached to an aromatic ring is 2. The van der Waals surface area contributed by atoms with Gasteiger partial charge < -0.3 is 87.2 Å². The minimum Gasteiger partial charge on any atom is -0.813 e. The smallest absolute Gasteiger partial charge is 0.497 e. The first-order valence-electron chi connectivity index (χ1n) is 40.1. The van der Waals surface area contributed by atoms with Gasteiger partial charge in [-0.3, -0.25) is 4.79 Å². The fourth-order valence-electron chi connectivity index (χ4n) is 13.3. The van der Waals surface area contributed by atoms with Crippen molar-refractivity contribution in [2.75, 3.05) is 200 Å². The summed E-state index contributed by atoms with van der Waals surface area (Å²) in [5.41, 5.74) is 8.13. The van der Waals surface area contributed by atoms with Crippen molar-refractivity contribution in [2.24, 2.45) is 0 Å². The number of halogens is 14. The lowest BCUT2D eigenvalue weighted by atomic mass is 9.77. The molecule has 0 aromatic carbocycles. The van der Waals surface area contributed by atoms with Crippen molar-refractivity contribution < 1.29 is 103 Å². The summed E-state index contributed by atoms with van der Waals surface area (Å²) in [6.07, 6.45) is -0.783. The summed E-state index contributed by atoms with van der Waals surface area (Å²) < 4.78 is 215. The van der Waals surface area contributed by atoms with Crippen LogP contribution < -0.4 is 41.4 Å².